The summed E-state index contributed by atoms with van der Waals surface area (Å²) >= 11 is 0. The van der Waals surface area contributed by atoms with E-state index in [1.54, 1.807) is 24.3 Å². The topological polar surface area (TPSA) is 64.6 Å². The van der Waals surface area contributed by atoms with Crippen molar-refractivity contribution in [2.45, 2.75) is 13.8 Å². The Labute approximate surface area is 135 Å². The van der Waals surface area contributed by atoms with Gasteiger partial charge < -0.3 is 14.8 Å². The molecule has 0 saturated heterocycles. The van der Waals surface area contributed by atoms with Crippen molar-refractivity contribution in [3.8, 4) is 5.75 Å². The molecule has 5 heteroatoms. The van der Waals surface area contributed by atoms with E-state index in [0.717, 1.165) is 16.8 Å². The van der Waals surface area contributed by atoms with Crippen molar-refractivity contribution in [1.29, 1.82) is 0 Å². The number of aryl methyl sites for hydroxylation is 2. The predicted octanol–water partition coefficient (Wildman–Crippen LogP) is 3.11. The number of methoxy groups -OCH3 is 1. The number of nitrogens with one attached hydrogen (secondary N) is 1. The Hall–Kier alpha value is -2.82. The molecule has 2 aromatic carbocycles. The van der Waals surface area contributed by atoms with Crippen molar-refractivity contribution in [2.75, 3.05) is 19.0 Å². The highest BCUT2D eigenvalue weighted by Crippen LogP contribution is 2.20. The number of carbonyl (C=O) groups excluding carboxylic acids is 2. The van der Waals surface area contributed by atoms with Crippen LogP contribution in [0.5, 0.6) is 5.75 Å². The lowest BCUT2D eigenvalue weighted by Crippen LogP contribution is -2.22. The van der Waals surface area contributed by atoms with Crippen LogP contribution in [0.15, 0.2) is 42.5 Å². The number of rotatable bonds is 5. The second kappa shape index (κ2) is 7.45. The quantitative estimate of drug-likeness (QED) is 0.861. The summed E-state index contributed by atoms with van der Waals surface area (Å²) in [5.41, 5.74) is 2.93. The van der Waals surface area contributed by atoms with Gasteiger partial charge in [-0.2, -0.15) is 0 Å². The lowest BCUT2D eigenvalue weighted by atomic mass is 10.1. The molecule has 2 rings (SSSR count). The zero-order valence-corrected chi connectivity index (χ0v) is 13.4. The Morgan fingerprint density at radius 2 is 1.65 bits per heavy atom. The molecule has 0 atom stereocenters. The summed E-state index contributed by atoms with van der Waals surface area (Å²) in [5.74, 6) is -0.572. The average Bonchev–Trinajstić information content (AvgIpc) is 2.56. The molecule has 0 fully saturated rings. The molecule has 1 amide bonds. The van der Waals surface area contributed by atoms with Crippen LogP contribution in [0.25, 0.3) is 0 Å². The number of esters is 1. The molecule has 0 saturated carbocycles. The first-order valence-electron chi connectivity index (χ1n) is 7.19. The first-order valence-corrected chi connectivity index (χ1v) is 7.19. The van der Waals surface area contributed by atoms with Crippen molar-refractivity contribution in [3.05, 3.63) is 59.2 Å². The third kappa shape index (κ3) is 4.10. The highest BCUT2D eigenvalue weighted by atomic mass is 16.5. The zero-order chi connectivity index (χ0) is 16.8. The highest BCUT2D eigenvalue weighted by Gasteiger charge is 2.15. The molecule has 0 unspecified atom stereocenters. The van der Waals surface area contributed by atoms with Gasteiger partial charge in [0, 0.05) is 5.69 Å². The summed E-state index contributed by atoms with van der Waals surface area (Å²) in [6.45, 7) is 3.46. The number of anilines is 1. The highest BCUT2D eigenvalue weighted by molar-refractivity contribution is 5.97. The number of amides is 1. The molecule has 5 nitrogen and oxygen atoms in total. The minimum Gasteiger partial charge on any atom is -0.496 e. The Morgan fingerprint density at radius 3 is 2.30 bits per heavy atom. The summed E-state index contributed by atoms with van der Waals surface area (Å²) in [4.78, 5) is 24.0. The van der Waals surface area contributed by atoms with E-state index in [9.17, 15) is 9.59 Å². The van der Waals surface area contributed by atoms with E-state index in [4.69, 9.17) is 9.47 Å². The van der Waals surface area contributed by atoms with Crippen molar-refractivity contribution in [3.63, 3.8) is 0 Å². The van der Waals surface area contributed by atoms with Gasteiger partial charge in [0.05, 0.1) is 7.11 Å². The molecule has 0 bridgehead atoms. The fraction of sp³-hybridized carbons (Fsp3) is 0.222. The molecule has 120 valence electrons. The average molecular weight is 313 g/mol. The normalized spacial score (nSPS) is 10.0. The van der Waals surface area contributed by atoms with E-state index in [1.807, 2.05) is 32.0 Å². The van der Waals surface area contributed by atoms with Gasteiger partial charge in [-0.05, 0) is 37.1 Å². The first kappa shape index (κ1) is 16.5. The fourth-order valence-electron chi connectivity index (χ4n) is 2.21. The molecular weight excluding hydrogens is 294 g/mol. The van der Waals surface area contributed by atoms with Crippen molar-refractivity contribution < 1.29 is 19.1 Å². The Kier molecular flexibility index (Phi) is 5.36. The predicted molar refractivity (Wildman–Crippen MR) is 87.8 cm³/mol. The maximum absolute atomic E-state index is 12.0. The van der Waals surface area contributed by atoms with Gasteiger partial charge in [-0.25, -0.2) is 4.79 Å². The van der Waals surface area contributed by atoms with Gasteiger partial charge in [-0.15, -0.1) is 0 Å². The maximum atomic E-state index is 12.0. The van der Waals surface area contributed by atoms with Crippen LogP contribution in [0.1, 0.15) is 21.5 Å². The molecule has 0 aliphatic carbocycles. The molecule has 0 aromatic heterocycles. The standard InChI is InChI=1S/C18H19NO4/c1-12-7-6-8-13(2)17(12)19-16(20)11-23-18(21)14-9-4-5-10-15(14)22-3/h4-10H,11H2,1-3H3,(H,19,20). The number of para-hydroxylation sites is 2. The minimum atomic E-state index is -0.598. The Bertz CT molecular complexity index is 704. The van der Waals surface area contributed by atoms with Crippen molar-refractivity contribution >= 4 is 17.6 Å². The monoisotopic (exact) mass is 313 g/mol. The molecule has 23 heavy (non-hydrogen) atoms. The summed E-state index contributed by atoms with van der Waals surface area (Å²) in [6, 6.07) is 12.4. The SMILES string of the molecule is COc1ccccc1C(=O)OCC(=O)Nc1c(C)cccc1C. The van der Waals surface area contributed by atoms with Crippen LogP contribution < -0.4 is 10.1 Å². The van der Waals surface area contributed by atoms with Crippen molar-refractivity contribution in [2.24, 2.45) is 0 Å². The summed E-state index contributed by atoms with van der Waals surface area (Å²) in [7, 11) is 1.47. The van der Waals surface area contributed by atoms with Gasteiger partial charge in [-0.3, -0.25) is 4.79 Å². The van der Waals surface area contributed by atoms with Crippen LogP contribution in [-0.2, 0) is 9.53 Å². The fourth-order valence-corrected chi connectivity index (χ4v) is 2.21. The lowest BCUT2D eigenvalue weighted by molar-refractivity contribution is -0.119. The minimum absolute atomic E-state index is 0.287. The van der Waals surface area contributed by atoms with Crippen LogP contribution in [0.4, 0.5) is 5.69 Å². The summed E-state index contributed by atoms with van der Waals surface area (Å²) in [5, 5.41) is 2.77. The van der Waals surface area contributed by atoms with Gasteiger partial charge in [0.2, 0.25) is 0 Å². The number of benzene rings is 2. The second-order valence-corrected chi connectivity index (χ2v) is 5.09. The van der Waals surface area contributed by atoms with E-state index >= 15 is 0 Å². The molecule has 0 aliphatic heterocycles. The molecule has 2 aromatic rings. The van der Waals surface area contributed by atoms with Gasteiger partial charge in [-0.1, -0.05) is 30.3 Å². The Balaban J connectivity index is 1.98. The van der Waals surface area contributed by atoms with Crippen molar-refractivity contribution in [1.82, 2.24) is 0 Å². The lowest BCUT2D eigenvalue weighted by Gasteiger charge is -2.12. The maximum Gasteiger partial charge on any atom is 0.342 e. The Morgan fingerprint density at radius 1 is 1.00 bits per heavy atom. The van der Waals surface area contributed by atoms with Gasteiger partial charge in [0.25, 0.3) is 5.91 Å². The van der Waals surface area contributed by atoms with Gasteiger partial charge in [0.15, 0.2) is 6.61 Å². The number of ether oxygens (including phenoxy) is 2. The largest absolute Gasteiger partial charge is 0.496 e. The van der Waals surface area contributed by atoms with E-state index in [1.165, 1.54) is 7.11 Å². The van der Waals surface area contributed by atoms with Crippen LogP contribution in [0.3, 0.4) is 0 Å². The zero-order valence-electron chi connectivity index (χ0n) is 13.4. The molecular formula is C18H19NO4. The van der Waals surface area contributed by atoms with Crippen LogP contribution >= 0.6 is 0 Å². The second-order valence-electron chi connectivity index (χ2n) is 5.09. The molecule has 0 spiro atoms. The van der Waals surface area contributed by atoms with Gasteiger partial charge in [0.1, 0.15) is 11.3 Å². The third-order valence-corrected chi connectivity index (χ3v) is 3.41. The number of carbonyl (C=O) groups is 2. The summed E-state index contributed by atoms with van der Waals surface area (Å²) in [6.07, 6.45) is 0. The molecule has 0 aliphatic rings. The van der Waals surface area contributed by atoms with E-state index in [-0.39, 0.29) is 18.1 Å². The third-order valence-electron chi connectivity index (χ3n) is 3.41. The molecule has 0 radical (unpaired) electrons. The van der Waals surface area contributed by atoms with Crippen LogP contribution in [0, 0.1) is 13.8 Å². The van der Waals surface area contributed by atoms with E-state index < -0.39 is 5.97 Å². The summed E-state index contributed by atoms with van der Waals surface area (Å²) < 4.78 is 10.2. The van der Waals surface area contributed by atoms with E-state index in [2.05, 4.69) is 5.32 Å². The van der Waals surface area contributed by atoms with E-state index in [0.29, 0.717) is 5.75 Å². The molecule has 0 heterocycles. The first-order chi connectivity index (χ1) is 11.0. The molecule has 1 N–H and O–H groups in total. The van der Waals surface area contributed by atoms with Crippen LogP contribution in [-0.4, -0.2) is 25.6 Å². The smallest absolute Gasteiger partial charge is 0.342 e. The number of hydrogen-bond acceptors (Lipinski definition) is 4. The number of hydrogen-bond donors (Lipinski definition) is 1. The van der Waals surface area contributed by atoms with Crippen LogP contribution in [0.2, 0.25) is 0 Å². The van der Waals surface area contributed by atoms with Gasteiger partial charge >= 0.3 is 5.97 Å².